The van der Waals surface area contributed by atoms with E-state index in [-0.39, 0.29) is 36.6 Å². The molecule has 0 aliphatic carbocycles. The summed E-state index contributed by atoms with van der Waals surface area (Å²) in [7, 11) is -0.752. The fraction of sp³-hybridized carbons (Fsp3) is 0.450. The average Bonchev–Trinajstić information content (AvgIpc) is 3.84. The van der Waals surface area contributed by atoms with Crippen LogP contribution in [-0.2, 0) is 44.2 Å². The highest BCUT2D eigenvalue weighted by atomic mass is 79.9. The van der Waals surface area contributed by atoms with Gasteiger partial charge in [-0.05, 0) is 60.0 Å². The van der Waals surface area contributed by atoms with Crippen molar-refractivity contribution in [2.24, 2.45) is 5.92 Å². The number of benzene rings is 3. The molecule has 0 unspecified atom stereocenters. The highest BCUT2D eigenvalue weighted by molar-refractivity contribution is 9.10. The van der Waals surface area contributed by atoms with Crippen LogP contribution < -0.4 is 20.1 Å². The number of fused-ring (bicyclic) bond motifs is 2. The summed E-state index contributed by atoms with van der Waals surface area (Å²) in [6.07, 6.45) is -6.24. The number of aryl methyl sites for hydroxylation is 1. The van der Waals surface area contributed by atoms with Crippen LogP contribution in [0.4, 0.5) is 11.4 Å². The fourth-order valence-corrected chi connectivity index (χ4v) is 13.2. The molecular formula is C40H48BrN5O10Si. The molecule has 3 aliphatic heterocycles. The van der Waals surface area contributed by atoms with Crippen LogP contribution in [0.5, 0.6) is 5.75 Å². The molecule has 4 aromatic rings. The Balaban J connectivity index is 1.17. The first kappa shape index (κ1) is 41.1. The zero-order valence-electron chi connectivity index (χ0n) is 32.0. The highest BCUT2D eigenvalue weighted by Gasteiger charge is 2.66. The minimum Gasteiger partial charge on any atom is -0.497 e. The van der Waals surface area contributed by atoms with Gasteiger partial charge in [-0.2, -0.15) is 0 Å². The summed E-state index contributed by atoms with van der Waals surface area (Å²) < 4.78 is 20.4. The third kappa shape index (κ3) is 7.56. The van der Waals surface area contributed by atoms with Crippen LogP contribution >= 0.6 is 15.9 Å². The number of amides is 2. The lowest BCUT2D eigenvalue weighted by Crippen LogP contribution is -2.60. The summed E-state index contributed by atoms with van der Waals surface area (Å²) in [5.74, 6) is -0.444. The molecule has 1 aromatic heterocycles. The third-order valence-electron chi connectivity index (χ3n) is 11.8. The van der Waals surface area contributed by atoms with Crippen LogP contribution in [-0.4, -0.2) is 111 Å². The van der Waals surface area contributed by atoms with Crippen LogP contribution in [0.2, 0.25) is 18.6 Å². The number of methoxy groups -OCH3 is 1. The molecule has 7 rings (SSSR count). The van der Waals surface area contributed by atoms with Crippen LogP contribution in [0.15, 0.2) is 77.4 Å². The first-order chi connectivity index (χ1) is 27.2. The van der Waals surface area contributed by atoms with Crippen molar-refractivity contribution in [3.63, 3.8) is 0 Å². The second-order valence-corrected chi connectivity index (χ2v) is 21.2. The Morgan fingerprint density at radius 2 is 1.74 bits per heavy atom. The van der Waals surface area contributed by atoms with Crippen molar-refractivity contribution in [1.29, 1.82) is 0 Å². The summed E-state index contributed by atoms with van der Waals surface area (Å²) in [5.41, 5.74) is 2.07. The van der Waals surface area contributed by atoms with Crippen LogP contribution in [0.1, 0.15) is 30.2 Å². The van der Waals surface area contributed by atoms with E-state index in [9.17, 15) is 30.3 Å². The van der Waals surface area contributed by atoms with E-state index in [0.29, 0.717) is 30.8 Å². The molecule has 15 nitrogen and oxygen atoms in total. The van der Waals surface area contributed by atoms with E-state index in [2.05, 4.69) is 63.7 Å². The Morgan fingerprint density at radius 1 is 1.02 bits per heavy atom. The maximum absolute atomic E-state index is 15.2. The van der Waals surface area contributed by atoms with E-state index < -0.39 is 50.3 Å². The Kier molecular flexibility index (Phi) is 11.8. The Morgan fingerprint density at radius 3 is 2.42 bits per heavy atom. The first-order valence-corrected chi connectivity index (χ1v) is 22.8. The van der Waals surface area contributed by atoms with Crippen molar-refractivity contribution in [3.05, 3.63) is 94.2 Å². The number of hydrogen-bond acceptors (Lipinski definition) is 12. The van der Waals surface area contributed by atoms with Crippen molar-refractivity contribution < 1.29 is 49.3 Å². The molecule has 2 fully saturated rings. The Hall–Kier alpha value is -4.04. The summed E-state index contributed by atoms with van der Waals surface area (Å²) in [6, 6.07) is 20.8. The zero-order chi connectivity index (χ0) is 40.8. The molecule has 3 aliphatic rings. The van der Waals surface area contributed by atoms with Gasteiger partial charge in [0, 0.05) is 47.4 Å². The van der Waals surface area contributed by atoms with Gasteiger partial charge < -0.3 is 50.0 Å². The Bertz CT molecular complexity index is 2090. The molecular weight excluding hydrogens is 818 g/mol. The van der Waals surface area contributed by atoms with Crippen molar-refractivity contribution in [2.75, 3.05) is 23.9 Å². The molecule has 57 heavy (non-hydrogen) atoms. The number of carbonyl (C=O) groups excluding carboxylic acids is 2. The summed E-state index contributed by atoms with van der Waals surface area (Å²) in [6.45, 7) is 7.49. The number of nitrogens with zero attached hydrogens (tertiary/aromatic N) is 4. The molecule has 4 heterocycles. The number of aliphatic hydroxyl groups excluding tert-OH is 5. The molecule has 17 heteroatoms. The molecule has 9 atom stereocenters. The fourth-order valence-electron chi connectivity index (χ4n) is 8.82. The van der Waals surface area contributed by atoms with Crippen LogP contribution in [0.3, 0.4) is 0 Å². The lowest BCUT2D eigenvalue weighted by atomic mass is 9.82. The summed E-state index contributed by atoms with van der Waals surface area (Å²) in [4.78, 5) is 29.9. The first-order valence-electron chi connectivity index (χ1n) is 18.9. The summed E-state index contributed by atoms with van der Waals surface area (Å²) in [5, 5.41) is 61.7. The molecule has 0 bridgehead atoms. The van der Waals surface area contributed by atoms with Gasteiger partial charge in [0.05, 0.1) is 39.2 Å². The van der Waals surface area contributed by atoms with E-state index in [4.69, 9.17) is 14.2 Å². The van der Waals surface area contributed by atoms with Gasteiger partial charge in [-0.1, -0.05) is 70.6 Å². The average molecular weight is 867 g/mol. The van der Waals surface area contributed by atoms with Crippen molar-refractivity contribution in [2.45, 2.75) is 93.9 Å². The van der Waals surface area contributed by atoms with Crippen molar-refractivity contribution in [1.82, 2.24) is 15.0 Å². The molecule has 2 amide bonds. The quantitative estimate of drug-likeness (QED) is 0.113. The number of anilines is 2. The molecule has 0 saturated carbocycles. The SMILES string of the molecule is COc1ccc([Si](C)(C)[C@H]2[C@H](CCn3cc(CCO)nn3)O[C@@]3(C(=O)N(Cc4ccc(NC(=O)[C@H]5O[C@@H](O)[C@H](O)[C@@H](O)[C@@H]5O)cc4)c4ccc(Br)cc43)[C@@H]2C)cc1. The van der Waals surface area contributed by atoms with Gasteiger partial charge in [0.15, 0.2) is 18.0 Å². The summed E-state index contributed by atoms with van der Waals surface area (Å²) >= 11 is 3.66. The number of hydrogen-bond donors (Lipinski definition) is 6. The molecule has 0 radical (unpaired) electrons. The van der Waals surface area contributed by atoms with Crippen molar-refractivity contribution >= 4 is 52.4 Å². The number of nitrogens with one attached hydrogen (secondary N) is 1. The van der Waals surface area contributed by atoms with Gasteiger partial charge in [0.25, 0.3) is 11.8 Å². The monoisotopic (exact) mass is 865 g/mol. The topological polar surface area (TPSA) is 209 Å². The Labute approximate surface area is 339 Å². The maximum Gasteiger partial charge on any atom is 0.264 e. The predicted octanol–water partition coefficient (Wildman–Crippen LogP) is 2.18. The lowest BCUT2D eigenvalue weighted by molar-refractivity contribution is -0.274. The van der Waals surface area contributed by atoms with E-state index in [1.54, 1.807) is 41.0 Å². The van der Waals surface area contributed by atoms with Crippen LogP contribution in [0.25, 0.3) is 0 Å². The van der Waals surface area contributed by atoms with Gasteiger partial charge >= 0.3 is 0 Å². The lowest BCUT2D eigenvalue weighted by Gasteiger charge is -2.37. The number of aromatic nitrogens is 3. The number of rotatable bonds is 12. The van der Waals surface area contributed by atoms with Gasteiger partial charge in [-0.15, -0.1) is 5.10 Å². The second-order valence-electron chi connectivity index (χ2n) is 15.5. The minimum atomic E-state index is -2.40. The van der Waals surface area contributed by atoms with E-state index in [1.807, 2.05) is 36.5 Å². The number of carbonyl (C=O) groups is 2. The minimum absolute atomic E-state index is 0.00195. The smallest absolute Gasteiger partial charge is 0.264 e. The zero-order valence-corrected chi connectivity index (χ0v) is 34.6. The highest BCUT2D eigenvalue weighted by Crippen LogP contribution is 2.60. The van der Waals surface area contributed by atoms with E-state index in [0.717, 1.165) is 27.0 Å². The van der Waals surface area contributed by atoms with E-state index in [1.165, 1.54) is 5.19 Å². The number of ether oxygens (including phenoxy) is 3. The molecule has 6 N–H and O–H groups in total. The molecule has 3 aromatic carbocycles. The standard InChI is InChI=1S/C40H48BrN5O10Si/c1-22-36(57(3,4)28-12-10-27(54-2)11-13-28)31(15-17-45-21-26(16-18-47)43-44-45)56-40(22)29-19-24(41)7-14-30(29)46(39(40)53)20-23-5-8-25(9-6-23)42-37(51)35-33(49)32(48)34(50)38(52)55-35/h5-14,19,21-22,31-36,38,47-50,52H,15-18,20H2,1-4H3,(H,42,51)/t22-,31+,32+,33+,34-,35+,36-,38-,40+/m1/s1. The second kappa shape index (κ2) is 16.3. The van der Waals surface area contributed by atoms with Crippen molar-refractivity contribution in [3.8, 4) is 5.75 Å². The van der Waals surface area contributed by atoms with Gasteiger partial charge in [-0.3, -0.25) is 14.3 Å². The number of halogens is 1. The predicted molar refractivity (Wildman–Crippen MR) is 214 cm³/mol. The van der Waals surface area contributed by atoms with Crippen LogP contribution in [0, 0.1) is 5.92 Å². The van der Waals surface area contributed by atoms with Gasteiger partial charge in [0.1, 0.15) is 24.1 Å². The maximum atomic E-state index is 15.2. The molecule has 1 spiro atoms. The number of aliphatic hydroxyl groups is 5. The molecule has 2 saturated heterocycles. The normalized spacial score (nSPS) is 28.5. The van der Waals surface area contributed by atoms with Gasteiger partial charge in [-0.25, -0.2) is 0 Å². The van der Waals surface area contributed by atoms with E-state index >= 15 is 4.79 Å². The largest absolute Gasteiger partial charge is 0.497 e. The van der Waals surface area contributed by atoms with Gasteiger partial charge in [0.2, 0.25) is 0 Å². The molecule has 304 valence electrons. The third-order valence-corrected chi connectivity index (χ3v) is 16.7.